The quantitative estimate of drug-likeness (QED) is 0.215. The van der Waals surface area contributed by atoms with Gasteiger partial charge in [0.2, 0.25) is 11.7 Å². The van der Waals surface area contributed by atoms with E-state index in [1.54, 1.807) is 4.90 Å². The number of halogens is 4. The Morgan fingerprint density at radius 3 is 2.55 bits per heavy atom. The van der Waals surface area contributed by atoms with Gasteiger partial charge in [0.25, 0.3) is 5.56 Å². The van der Waals surface area contributed by atoms with Crippen LogP contribution in [0.15, 0.2) is 53.8 Å². The standard InChI is InChI=1S/C32H30F4N8O3/c1-3-24(45)43-16-15-42(17-20(43)12-13-37)28-26-27(39-31(40-28)47-18-21-9-6-14-41(21)2)29(46)44(30(38-26)32(34,35)36)23-11-5-8-19-7-4-10-22(33)25(19)23/h3-5,7-8,10-11,20-21H,1,6,9,12,14-18H2,2H3/t20-,21-/m0/s1. The van der Waals surface area contributed by atoms with Crippen molar-refractivity contribution < 1.29 is 27.1 Å². The third-order valence-corrected chi connectivity index (χ3v) is 8.65. The second-order valence-corrected chi connectivity index (χ2v) is 11.5. The van der Waals surface area contributed by atoms with Gasteiger partial charge in [0.15, 0.2) is 11.3 Å². The highest BCUT2D eigenvalue weighted by Crippen LogP contribution is 2.35. The van der Waals surface area contributed by atoms with Crippen molar-refractivity contribution in [2.75, 3.05) is 44.7 Å². The van der Waals surface area contributed by atoms with Crippen molar-refractivity contribution in [2.45, 2.75) is 37.5 Å². The molecular formula is C32H30F4N8O3. The fourth-order valence-corrected chi connectivity index (χ4v) is 6.29. The zero-order chi connectivity index (χ0) is 33.5. The maximum absolute atomic E-state index is 15.1. The molecule has 0 bridgehead atoms. The minimum absolute atomic E-state index is 0.00467. The number of hydrogen-bond donors (Lipinski definition) is 0. The molecule has 1 amide bonds. The molecule has 0 aliphatic carbocycles. The zero-order valence-electron chi connectivity index (χ0n) is 25.4. The highest BCUT2D eigenvalue weighted by Gasteiger charge is 2.40. The number of amides is 1. The van der Waals surface area contributed by atoms with Gasteiger partial charge in [0.05, 0.1) is 24.2 Å². The lowest BCUT2D eigenvalue weighted by molar-refractivity contribution is -0.146. The number of nitrogens with zero attached hydrogens (tertiary/aromatic N) is 8. The van der Waals surface area contributed by atoms with Crippen LogP contribution >= 0.6 is 0 Å². The molecule has 2 atom stereocenters. The summed E-state index contributed by atoms with van der Waals surface area (Å²) in [4.78, 5) is 44.5. The summed E-state index contributed by atoms with van der Waals surface area (Å²) in [5, 5.41) is 9.55. The first kappa shape index (κ1) is 31.9. The second-order valence-electron chi connectivity index (χ2n) is 11.5. The summed E-state index contributed by atoms with van der Waals surface area (Å²) in [6, 6.07) is 9.37. The van der Waals surface area contributed by atoms with Crippen LogP contribution in [0.4, 0.5) is 23.4 Å². The molecular weight excluding hydrogens is 620 g/mol. The summed E-state index contributed by atoms with van der Waals surface area (Å²) in [5.41, 5.74) is -2.46. The van der Waals surface area contributed by atoms with E-state index in [1.165, 1.54) is 35.2 Å². The van der Waals surface area contributed by atoms with Crippen LogP contribution < -0.4 is 15.2 Å². The van der Waals surface area contributed by atoms with Crippen LogP contribution in [-0.4, -0.2) is 87.1 Å². The van der Waals surface area contributed by atoms with Gasteiger partial charge in [-0.3, -0.25) is 14.2 Å². The number of aromatic nitrogens is 4. The van der Waals surface area contributed by atoms with Gasteiger partial charge in [-0.25, -0.2) is 9.37 Å². The Balaban J connectivity index is 1.57. The molecule has 11 nitrogen and oxygen atoms in total. The Kier molecular flexibility index (Phi) is 8.54. The van der Waals surface area contributed by atoms with Gasteiger partial charge in [-0.2, -0.15) is 28.4 Å². The molecule has 2 aliphatic heterocycles. The summed E-state index contributed by atoms with van der Waals surface area (Å²) in [6.45, 7) is 4.74. The number of carbonyl (C=O) groups is 1. The maximum atomic E-state index is 15.1. The topological polar surface area (TPSA) is 120 Å². The molecule has 2 aromatic heterocycles. The number of nitriles is 1. The van der Waals surface area contributed by atoms with E-state index in [0.717, 1.165) is 31.5 Å². The van der Waals surface area contributed by atoms with Crippen LogP contribution in [0.1, 0.15) is 25.1 Å². The second kappa shape index (κ2) is 12.6. The molecule has 4 aromatic rings. The Bertz CT molecular complexity index is 1970. The smallest absolute Gasteiger partial charge is 0.450 e. The molecule has 0 spiro atoms. The van der Waals surface area contributed by atoms with Crippen molar-refractivity contribution in [1.29, 1.82) is 5.26 Å². The van der Waals surface area contributed by atoms with Crippen LogP contribution in [0.3, 0.4) is 0 Å². The van der Waals surface area contributed by atoms with E-state index < -0.39 is 46.4 Å². The van der Waals surface area contributed by atoms with Crippen molar-refractivity contribution >= 4 is 33.5 Å². The van der Waals surface area contributed by atoms with E-state index >= 15 is 4.39 Å². The van der Waals surface area contributed by atoms with Crippen LogP contribution in [0.2, 0.25) is 0 Å². The lowest BCUT2D eigenvalue weighted by Crippen LogP contribution is -2.55. The predicted molar refractivity (Wildman–Crippen MR) is 165 cm³/mol. The highest BCUT2D eigenvalue weighted by molar-refractivity contribution is 5.92. The molecule has 47 heavy (non-hydrogen) atoms. The number of fused-ring (bicyclic) bond motifs is 2. The third-order valence-electron chi connectivity index (χ3n) is 8.65. The highest BCUT2D eigenvalue weighted by atomic mass is 19.4. The molecule has 0 saturated carbocycles. The number of anilines is 1. The number of rotatable bonds is 7. The third kappa shape index (κ3) is 5.96. The van der Waals surface area contributed by atoms with Crippen LogP contribution in [0.25, 0.3) is 27.5 Å². The van der Waals surface area contributed by atoms with Crippen molar-refractivity contribution in [3.8, 4) is 17.8 Å². The molecule has 15 heteroatoms. The largest absolute Gasteiger partial charge is 0.462 e. The number of hydrogen-bond acceptors (Lipinski definition) is 9. The lowest BCUT2D eigenvalue weighted by Gasteiger charge is -2.40. The van der Waals surface area contributed by atoms with Crippen LogP contribution in [-0.2, 0) is 11.0 Å². The minimum atomic E-state index is -5.15. The number of likely N-dealkylation sites (N-methyl/N-ethyl adjacent to an activating group) is 1. The van der Waals surface area contributed by atoms with Crippen molar-refractivity contribution in [1.82, 2.24) is 29.3 Å². The molecule has 0 radical (unpaired) electrons. The van der Waals surface area contributed by atoms with E-state index in [2.05, 4.69) is 26.4 Å². The molecule has 2 aromatic carbocycles. The Labute approximate surface area is 266 Å². The lowest BCUT2D eigenvalue weighted by atomic mass is 10.1. The fourth-order valence-electron chi connectivity index (χ4n) is 6.29. The number of carbonyl (C=O) groups excluding carboxylic acids is 1. The summed E-state index contributed by atoms with van der Waals surface area (Å²) in [5.74, 6) is -2.92. The SMILES string of the molecule is C=CC(=O)N1CCN(c2nc(OC[C@@H]3CCCN3C)nc3c(=O)n(-c4cccc5cccc(F)c45)c(C(F)(F)F)nc23)C[C@@H]1CC#N. The van der Waals surface area contributed by atoms with Crippen molar-refractivity contribution in [3.63, 3.8) is 0 Å². The van der Waals surface area contributed by atoms with Crippen molar-refractivity contribution in [2.24, 2.45) is 0 Å². The van der Waals surface area contributed by atoms with Gasteiger partial charge in [0.1, 0.15) is 17.9 Å². The number of likely N-dealkylation sites (tertiary alicyclic amines) is 1. The van der Waals surface area contributed by atoms with Crippen LogP contribution in [0, 0.1) is 17.1 Å². The Morgan fingerprint density at radius 1 is 1.11 bits per heavy atom. The van der Waals surface area contributed by atoms with E-state index in [4.69, 9.17) is 4.74 Å². The van der Waals surface area contributed by atoms with E-state index in [9.17, 15) is 28.0 Å². The monoisotopic (exact) mass is 650 g/mol. The summed E-state index contributed by atoms with van der Waals surface area (Å²) in [6.07, 6.45) is -2.29. The van der Waals surface area contributed by atoms with E-state index in [1.807, 2.05) is 13.1 Å². The first-order valence-electron chi connectivity index (χ1n) is 15.0. The normalized spacial score (nSPS) is 18.9. The molecule has 4 heterocycles. The average Bonchev–Trinajstić information content (AvgIpc) is 3.47. The Morgan fingerprint density at radius 2 is 1.87 bits per heavy atom. The van der Waals surface area contributed by atoms with E-state index in [0.29, 0.717) is 4.57 Å². The zero-order valence-corrected chi connectivity index (χ0v) is 25.4. The first-order valence-corrected chi connectivity index (χ1v) is 15.0. The van der Waals surface area contributed by atoms with Gasteiger partial charge in [-0.05, 0) is 50.0 Å². The predicted octanol–water partition coefficient (Wildman–Crippen LogP) is 4.08. The van der Waals surface area contributed by atoms with Gasteiger partial charge in [-0.15, -0.1) is 0 Å². The molecule has 6 rings (SSSR count). The number of benzene rings is 2. The molecule has 244 valence electrons. The van der Waals surface area contributed by atoms with Crippen LogP contribution in [0.5, 0.6) is 6.01 Å². The molecule has 2 saturated heterocycles. The number of ether oxygens (including phenoxy) is 1. The summed E-state index contributed by atoms with van der Waals surface area (Å²) < 4.78 is 65.8. The van der Waals surface area contributed by atoms with Gasteiger partial charge >= 0.3 is 12.2 Å². The van der Waals surface area contributed by atoms with Gasteiger partial charge < -0.3 is 19.4 Å². The van der Waals surface area contributed by atoms with Crippen molar-refractivity contribution in [3.05, 3.63) is 71.0 Å². The van der Waals surface area contributed by atoms with E-state index in [-0.39, 0.29) is 67.0 Å². The van der Waals surface area contributed by atoms with Gasteiger partial charge in [-0.1, -0.05) is 30.8 Å². The average molecular weight is 651 g/mol. The molecule has 0 unspecified atom stereocenters. The fraction of sp³-hybridized carbons (Fsp3) is 0.375. The number of alkyl halides is 3. The minimum Gasteiger partial charge on any atom is -0.462 e. The first-order chi connectivity index (χ1) is 22.5. The molecule has 2 fully saturated rings. The van der Waals surface area contributed by atoms with Gasteiger partial charge in [0, 0.05) is 31.1 Å². The molecule has 2 aliphatic rings. The number of piperazine rings is 1. The summed E-state index contributed by atoms with van der Waals surface area (Å²) in [7, 11) is 1.94. The Hall–Kier alpha value is -5.10. The maximum Gasteiger partial charge on any atom is 0.450 e. The summed E-state index contributed by atoms with van der Waals surface area (Å²) >= 11 is 0. The molecule has 0 N–H and O–H groups in total.